The zero-order valence-corrected chi connectivity index (χ0v) is 11.3. The standard InChI is InChI=1S/C16H15N3O2/c17-13(16(20)21)8-11-9-19-15-5-4-10(7-12(11)15)14-3-1-2-6-18-14/h1-7,9,13,19H,8,17H2,(H,20,21)/t13-/m0/s1. The van der Waals surface area contributed by atoms with Crippen molar-refractivity contribution >= 4 is 16.9 Å². The van der Waals surface area contributed by atoms with Crippen LogP contribution in [0, 0.1) is 0 Å². The minimum atomic E-state index is -0.995. The maximum atomic E-state index is 10.9. The lowest BCUT2D eigenvalue weighted by Gasteiger charge is -2.06. The molecule has 5 nitrogen and oxygen atoms in total. The average molecular weight is 281 g/mol. The summed E-state index contributed by atoms with van der Waals surface area (Å²) in [6.07, 6.45) is 3.86. The minimum Gasteiger partial charge on any atom is -0.480 e. The molecule has 4 N–H and O–H groups in total. The SMILES string of the molecule is N[C@@H](Cc1c[nH]c2ccc(-c3ccccn3)cc12)C(=O)O. The highest BCUT2D eigenvalue weighted by atomic mass is 16.4. The Morgan fingerprint density at radius 3 is 2.90 bits per heavy atom. The van der Waals surface area contributed by atoms with Crippen LogP contribution in [0.1, 0.15) is 5.56 Å². The van der Waals surface area contributed by atoms with Crippen molar-refractivity contribution < 1.29 is 9.90 Å². The fourth-order valence-electron chi connectivity index (χ4n) is 2.36. The fraction of sp³-hybridized carbons (Fsp3) is 0.125. The highest BCUT2D eigenvalue weighted by molar-refractivity contribution is 5.88. The van der Waals surface area contributed by atoms with E-state index in [0.717, 1.165) is 27.7 Å². The van der Waals surface area contributed by atoms with Crippen LogP contribution >= 0.6 is 0 Å². The smallest absolute Gasteiger partial charge is 0.320 e. The molecule has 5 heteroatoms. The second-order valence-electron chi connectivity index (χ2n) is 4.94. The number of carboxylic acids is 1. The molecular formula is C16H15N3O2. The molecule has 0 saturated heterocycles. The van der Waals surface area contributed by atoms with Crippen molar-refractivity contribution in [2.75, 3.05) is 0 Å². The van der Waals surface area contributed by atoms with Gasteiger partial charge in [-0.1, -0.05) is 12.1 Å². The van der Waals surface area contributed by atoms with Gasteiger partial charge >= 0.3 is 5.97 Å². The van der Waals surface area contributed by atoms with Gasteiger partial charge in [0.2, 0.25) is 0 Å². The summed E-state index contributed by atoms with van der Waals surface area (Å²) >= 11 is 0. The quantitative estimate of drug-likeness (QED) is 0.683. The molecule has 3 aromatic rings. The monoisotopic (exact) mass is 281 g/mol. The zero-order valence-electron chi connectivity index (χ0n) is 11.3. The van der Waals surface area contributed by atoms with Crippen LogP contribution in [0.25, 0.3) is 22.2 Å². The molecule has 0 unspecified atom stereocenters. The van der Waals surface area contributed by atoms with Gasteiger partial charge in [0, 0.05) is 35.3 Å². The van der Waals surface area contributed by atoms with E-state index in [0.29, 0.717) is 6.42 Å². The van der Waals surface area contributed by atoms with Crippen LogP contribution in [0.2, 0.25) is 0 Å². The lowest BCUT2D eigenvalue weighted by atomic mass is 10.0. The van der Waals surface area contributed by atoms with E-state index in [-0.39, 0.29) is 0 Å². The molecule has 0 saturated carbocycles. The topological polar surface area (TPSA) is 92.0 Å². The third-order valence-electron chi connectivity index (χ3n) is 3.49. The molecule has 2 aromatic heterocycles. The molecule has 0 radical (unpaired) electrons. The van der Waals surface area contributed by atoms with Gasteiger partial charge in [-0.2, -0.15) is 0 Å². The third-order valence-corrected chi connectivity index (χ3v) is 3.49. The number of nitrogens with one attached hydrogen (secondary N) is 1. The van der Waals surface area contributed by atoms with Crippen LogP contribution in [-0.4, -0.2) is 27.1 Å². The van der Waals surface area contributed by atoms with Crippen molar-refractivity contribution in [3.8, 4) is 11.3 Å². The molecule has 21 heavy (non-hydrogen) atoms. The normalized spacial score (nSPS) is 12.4. The predicted molar refractivity (Wildman–Crippen MR) is 80.8 cm³/mol. The largest absolute Gasteiger partial charge is 0.480 e. The Labute approximate surface area is 121 Å². The summed E-state index contributed by atoms with van der Waals surface area (Å²) in [4.78, 5) is 18.4. The summed E-state index contributed by atoms with van der Waals surface area (Å²) in [5, 5.41) is 9.92. The van der Waals surface area contributed by atoms with Gasteiger partial charge in [-0.15, -0.1) is 0 Å². The summed E-state index contributed by atoms with van der Waals surface area (Å²) in [5.74, 6) is -0.995. The molecule has 2 heterocycles. The van der Waals surface area contributed by atoms with Crippen LogP contribution in [0.3, 0.4) is 0 Å². The van der Waals surface area contributed by atoms with Crippen LogP contribution in [0.4, 0.5) is 0 Å². The Morgan fingerprint density at radius 1 is 1.33 bits per heavy atom. The number of H-pyrrole nitrogens is 1. The average Bonchev–Trinajstić information content (AvgIpc) is 2.90. The van der Waals surface area contributed by atoms with E-state index >= 15 is 0 Å². The number of carbonyl (C=O) groups is 1. The maximum absolute atomic E-state index is 10.9. The molecule has 0 amide bonds. The van der Waals surface area contributed by atoms with E-state index in [4.69, 9.17) is 10.8 Å². The Bertz CT molecular complexity index is 781. The number of hydrogen-bond acceptors (Lipinski definition) is 3. The van der Waals surface area contributed by atoms with Crippen molar-refractivity contribution in [1.29, 1.82) is 0 Å². The minimum absolute atomic E-state index is 0.293. The van der Waals surface area contributed by atoms with Gasteiger partial charge < -0.3 is 15.8 Å². The summed E-state index contributed by atoms with van der Waals surface area (Å²) in [7, 11) is 0. The molecular weight excluding hydrogens is 266 g/mol. The number of aromatic amines is 1. The summed E-state index contributed by atoms with van der Waals surface area (Å²) in [6, 6.07) is 10.8. The molecule has 0 aliphatic carbocycles. The predicted octanol–water partition coefficient (Wildman–Crippen LogP) is 2.18. The van der Waals surface area contributed by atoms with E-state index in [9.17, 15) is 4.79 Å². The second-order valence-corrected chi connectivity index (χ2v) is 4.94. The molecule has 0 bridgehead atoms. The number of rotatable bonds is 4. The number of nitrogens with two attached hydrogens (primary N) is 1. The van der Waals surface area contributed by atoms with Gasteiger partial charge in [0.25, 0.3) is 0 Å². The summed E-state index contributed by atoms with van der Waals surface area (Å²) in [6.45, 7) is 0. The maximum Gasteiger partial charge on any atom is 0.320 e. The van der Waals surface area contributed by atoms with Crippen molar-refractivity contribution in [2.24, 2.45) is 5.73 Å². The van der Waals surface area contributed by atoms with Crippen molar-refractivity contribution in [2.45, 2.75) is 12.5 Å². The highest BCUT2D eigenvalue weighted by Crippen LogP contribution is 2.25. The van der Waals surface area contributed by atoms with E-state index in [1.807, 2.05) is 42.6 Å². The highest BCUT2D eigenvalue weighted by Gasteiger charge is 2.15. The number of aromatic nitrogens is 2. The molecule has 1 aromatic carbocycles. The van der Waals surface area contributed by atoms with Crippen LogP contribution in [-0.2, 0) is 11.2 Å². The first-order valence-electron chi connectivity index (χ1n) is 6.65. The van der Waals surface area contributed by atoms with Crippen LogP contribution in [0.15, 0.2) is 48.8 Å². The van der Waals surface area contributed by atoms with Crippen LogP contribution in [0.5, 0.6) is 0 Å². The fourth-order valence-corrected chi connectivity index (χ4v) is 2.36. The van der Waals surface area contributed by atoms with E-state index in [1.165, 1.54) is 0 Å². The second kappa shape index (κ2) is 5.38. The molecule has 3 rings (SSSR count). The number of nitrogens with zero attached hydrogens (tertiary/aromatic N) is 1. The Kier molecular flexibility index (Phi) is 3.41. The first kappa shape index (κ1) is 13.3. The lowest BCUT2D eigenvalue weighted by molar-refractivity contribution is -0.138. The Morgan fingerprint density at radius 2 is 2.19 bits per heavy atom. The van der Waals surface area contributed by atoms with Gasteiger partial charge in [-0.3, -0.25) is 9.78 Å². The number of benzene rings is 1. The molecule has 0 fully saturated rings. The van der Waals surface area contributed by atoms with Gasteiger partial charge in [0.1, 0.15) is 6.04 Å². The van der Waals surface area contributed by atoms with E-state index in [1.54, 1.807) is 6.20 Å². The molecule has 0 spiro atoms. The molecule has 106 valence electrons. The van der Waals surface area contributed by atoms with Crippen LogP contribution < -0.4 is 5.73 Å². The first-order valence-corrected chi connectivity index (χ1v) is 6.65. The van der Waals surface area contributed by atoms with E-state index in [2.05, 4.69) is 9.97 Å². The molecule has 0 aliphatic rings. The Balaban J connectivity index is 2.02. The van der Waals surface area contributed by atoms with Crippen molar-refractivity contribution in [1.82, 2.24) is 9.97 Å². The summed E-state index contributed by atoms with van der Waals surface area (Å²) < 4.78 is 0. The first-order chi connectivity index (χ1) is 10.1. The van der Waals surface area contributed by atoms with Crippen molar-refractivity contribution in [3.63, 3.8) is 0 Å². The number of hydrogen-bond donors (Lipinski definition) is 3. The van der Waals surface area contributed by atoms with Gasteiger partial charge in [0.05, 0.1) is 5.69 Å². The summed E-state index contributed by atoms with van der Waals surface area (Å²) in [5.41, 5.74) is 9.36. The van der Waals surface area contributed by atoms with Gasteiger partial charge in [-0.25, -0.2) is 0 Å². The third kappa shape index (κ3) is 2.64. The van der Waals surface area contributed by atoms with Crippen molar-refractivity contribution in [3.05, 3.63) is 54.4 Å². The number of aliphatic carboxylic acids is 1. The Hall–Kier alpha value is -2.66. The number of fused-ring (bicyclic) bond motifs is 1. The number of pyridine rings is 1. The molecule has 0 aliphatic heterocycles. The number of carboxylic acid groups (broad SMARTS) is 1. The van der Waals surface area contributed by atoms with E-state index < -0.39 is 12.0 Å². The molecule has 1 atom stereocenters. The lowest BCUT2D eigenvalue weighted by Crippen LogP contribution is -2.32. The van der Waals surface area contributed by atoms with Gasteiger partial charge in [0.15, 0.2) is 0 Å². The van der Waals surface area contributed by atoms with Gasteiger partial charge in [-0.05, 0) is 29.8 Å². The zero-order chi connectivity index (χ0) is 14.8.